The average Bonchev–Trinajstić information content (AvgIpc) is 2.64. The van der Waals surface area contributed by atoms with Gasteiger partial charge < -0.3 is 5.32 Å². The molecule has 0 heterocycles. The van der Waals surface area contributed by atoms with E-state index in [0.29, 0.717) is 6.04 Å². The van der Waals surface area contributed by atoms with Crippen molar-refractivity contribution >= 4 is 0 Å². The van der Waals surface area contributed by atoms with Gasteiger partial charge in [0.05, 0.1) is 0 Å². The molecule has 1 aliphatic rings. The van der Waals surface area contributed by atoms with Gasteiger partial charge in [0.25, 0.3) is 0 Å². The van der Waals surface area contributed by atoms with Crippen LogP contribution in [-0.4, -0.2) is 12.6 Å². The maximum atomic E-state index is 3.57. The Morgan fingerprint density at radius 3 is 2.36 bits per heavy atom. The van der Waals surface area contributed by atoms with Crippen LogP contribution in [0.5, 0.6) is 0 Å². The molecule has 0 aromatic rings. The van der Waals surface area contributed by atoms with Crippen LogP contribution in [0.15, 0.2) is 0 Å². The molecule has 0 aromatic carbocycles. The summed E-state index contributed by atoms with van der Waals surface area (Å²) < 4.78 is 0. The van der Waals surface area contributed by atoms with E-state index in [9.17, 15) is 0 Å². The van der Waals surface area contributed by atoms with Crippen LogP contribution in [0.1, 0.15) is 59.3 Å². The molecule has 0 aromatic heterocycles. The van der Waals surface area contributed by atoms with Crippen LogP contribution < -0.4 is 5.32 Å². The highest BCUT2D eigenvalue weighted by Crippen LogP contribution is 2.30. The highest BCUT2D eigenvalue weighted by Gasteiger charge is 2.19. The Labute approximate surface area is 89.7 Å². The van der Waals surface area contributed by atoms with E-state index in [1.165, 1.54) is 45.1 Å². The fraction of sp³-hybridized carbons (Fsp3) is 1.00. The van der Waals surface area contributed by atoms with Gasteiger partial charge in [-0.15, -0.1) is 0 Å². The lowest BCUT2D eigenvalue weighted by atomic mass is 9.91. The molecule has 0 radical (unpaired) electrons. The number of rotatable bonds is 6. The Balaban J connectivity index is 2.16. The molecular formula is C13H27N. The zero-order valence-electron chi connectivity index (χ0n) is 10.2. The van der Waals surface area contributed by atoms with E-state index in [1.807, 2.05) is 0 Å². The molecule has 0 aliphatic heterocycles. The molecular weight excluding hydrogens is 170 g/mol. The number of nitrogens with one attached hydrogen (secondary N) is 1. The highest BCUT2D eigenvalue weighted by molar-refractivity contribution is 4.72. The molecule has 0 amide bonds. The lowest BCUT2D eigenvalue weighted by molar-refractivity contribution is 0.342. The van der Waals surface area contributed by atoms with Gasteiger partial charge in [0.15, 0.2) is 0 Å². The highest BCUT2D eigenvalue weighted by atomic mass is 14.9. The van der Waals surface area contributed by atoms with E-state index in [2.05, 4.69) is 26.1 Å². The van der Waals surface area contributed by atoms with Crippen LogP contribution in [-0.2, 0) is 0 Å². The third-order valence-electron chi connectivity index (χ3n) is 3.53. The first-order valence-electron chi connectivity index (χ1n) is 6.45. The number of hydrogen-bond donors (Lipinski definition) is 1. The van der Waals surface area contributed by atoms with E-state index in [-0.39, 0.29) is 0 Å². The van der Waals surface area contributed by atoms with Gasteiger partial charge in [-0.3, -0.25) is 0 Å². The molecule has 1 unspecified atom stereocenters. The maximum Gasteiger partial charge on any atom is 0.00104 e. The quantitative estimate of drug-likeness (QED) is 0.686. The van der Waals surface area contributed by atoms with Crippen LogP contribution >= 0.6 is 0 Å². The lowest BCUT2D eigenvalue weighted by Crippen LogP contribution is -2.29. The zero-order chi connectivity index (χ0) is 10.4. The van der Waals surface area contributed by atoms with Crippen molar-refractivity contribution < 1.29 is 0 Å². The Hall–Kier alpha value is -0.0400. The zero-order valence-corrected chi connectivity index (χ0v) is 10.2. The van der Waals surface area contributed by atoms with Crippen molar-refractivity contribution in [1.82, 2.24) is 5.32 Å². The Morgan fingerprint density at radius 2 is 1.86 bits per heavy atom. The molecule has 0 saturated heterocycles. The van der Waals surface area contributed by atoms with E-state index in [1.54, 1.807) is 0 Å². The topological polar surface area (TPSA) is 12.0 Å². The largest absolute Gasteiger partial charge is 0.314 e. The molecule has 1 nitrogen and oxygen atoms in total. The summed E-state index contributed by atoms with van der Waals surface area (Å²) in [5.74, 6) is 1.97. The summed E-state index contributed by atoms with van der Waals surface area (Å²) in [5.41, 5.74) is 0. The first-order chi connectivity index (χ1) is 6.72. The van der Waals surface area contributed by atoms with Crippen molar-refractivity contribution in [3.8, 4) is 0 Å². The molecule has 14 heavy (non-hydrogen) atoms. The van der Waals surface area contributed by atoms with Crippen LogP contribution in [0.25, 0.3) is 0 Å². The summed E-state index contributed by atoms with van der Waals surface area (Å²) in [6, 6.07) is 0.646. The van der Waals surface area contributed by atoms with Crippen molar-refractivity contribution in [3.05, 3.63) is 0 Å². The molecule has 84 valence electrons. The molecule has 1 aliphatic carbocycles. The fourth-order valence-electron chi connectivity index (χ4n) is 2.51. The fourth-order valence-corrected chi connectivity index (χ4v) is 2.51. The molecule has 1 heteroatoms. The maximum absolute atomic E-state index is 3.57. The van der Waals surface area contributed by atoms with Gasteiger partial charge in [-0.1, -0.05) is 52.9 Å². The van der Waals surface area contributed by atoms with Gasteiger partial charge in [0, 0.05) is 6.04 Å². The van der Waals surface area contributed by atoms with E-state index < -0.39 is 0 Å². The van der Waals surface area contributed by atoms with Crippen LogP contribution in [0.2, 0.25) is 0 Å². The van der Waals surface area contributed by atoms with Crippen LogP contribution in [0.3, 0.4) is 0 Å². The van der Waals surface area contributed by atoms with Gasteiger partial charge in [-0.2, -0.15) is 0 Å². The summed E-state index contributed by atoms with van der Waals surface area (Å²) in [7, 11) is 0. The third kappa shape index (κ3) is 4.45. The van der Waals surface area contributed by atoms with Crippen molar-refractivity contribution in [2.75, 3.05) is 6.54 Å². The van der Waals surface area contributed by atoms with Gasteiger partial charge in [-0.25, -0.2) is 0 Å². The second-order valence-corrected chi connectivity index (χ2v) is 5.22. The Morgan fingerprint density at radius 1 is 1.21 bits per heavy atom. The SMILES string of the molecule is CCC(CNC(C)C)CC1CCCC1. The summed E-state index contributed by atoms with van der Waals surface area (Å²) in [4.78, 5) is 0. The molecule has 1 atom stereocenters. The minimum Gasteiger partial charge on any atom is -0.314 e. The van der Waals surface area contributed by atoms with E-state index >= 15 is 0 Å². The second kappa shape index (κ2) is 6.44. The normalized spacial score (nSPS) is 20.6. The van der Waals surface area contributed by atoms with Gasteiger partial charge in [0.1, 0.15) is 0 Å². The van der Waals surface area contributed by atoms with Crippen LogP contribution in [0.4, 0.5) is 0 Å². The van der Waals surface area contributed by atoms with Crippen LogP contribution in [0, 0.1) is 11.8 Å². The van der Waals surface area contributed by atoms with Crippen molar-refractivity contribution in [2.45, 2.75) is 65.3 Å². The summed E-state index contributed by atoms with van der Waals surface area (Å²) in [6.45, 7) is 8.04. The average molecular weight is 197 g/mol. The molecule has 0 spiro atoms. The molecule has 1 saturated carbocycles. The predicted molar refractivity (Wildman–Crippen MR) is 63.5 cm³/mol. The van der Waals surface area contributed by atoms with Crippen molar-refractivity contribution in [2.24, 2.45) is 11.8 Å². The third-order valence-corrected chi connectivity index (χ3v) is 3.53. The first kappa shape index (κ1) is 12.0. The number of hydrogen-bond acceptors (Lipinski definition) is 1. The van der Waals surface area contributed by atoms with E-state index in [4.69, 9.17) is 0 Å². The first-order valence-corrected chi connectivity index (χ1v) is 6.45. The lowest BCUT2D eigenvalue weighted by Gasteiger charge is -2.20. The summed E-state index contributed by atoms with van der Waals surface area (Å²) in [5, 5.41) is 3.57. The minimum atomic E-state index is 0.646. The molecule has 1 N–H and O–H groups in total. The molecule has 1 fully saturated rings. The summed E-state index contributed by atoms with van der Waals surface area (Å²) in [6.07, 6.45) is 8.78. The van der Waals surface area contributed by atoms with Gasteiger partial charge in [-0.05, 0) is 24.8 Å². The van der Waals surface area contributed by atoms with Crippen molar-refractivity contribution in [1.29, 1.82) is 0 Å². The Bertz CT molecular complexity index is 136. The van der Waals surface area contributed by atoms with Gasteiger partial charge >= 0.3 is 0 Å². The Kier molecular flexibility index (Phi) is 5.54. The smallest absolute Gasteiger partial charge is 0.00104 e. The van der Waals surface area contributed by atoms with E-state index in [0.717, 1.165) is 11.8 Å². The molecule has 0 bridgehead atoms. The van der Waals surface area contributed by atoms with Gasteiger partial charge in [0.2, 0.25) is 0 Å². The van der Waals surface area contributed by atoms with Crippen molar-refractivity contribution in [3.63, 3.8) is 0 Å². The predicted octanol–water partition coefficient (Wildman–Crippen LogP) is 3.59. The monoisotopic (exact) mass is 197 g/mol. The second-order valence-electron chi connectivity index (χ2n) is 5.22. The minimum absolute atomic E-state index is 0.646. The standard InChI is InChI=1S/C13H27N/c1-4-12(10-14-11(2)3)9-13-7-5-6-8-13/h11-14H,4-10H2,1-3H3. The molecule has 1 rings (SSSR count). The summed E-state index contributed by atoms with van der Waals surface area (Å²) >= 11 is 0.